The maximum Gasteiger partial charge on any atom is 0.275 e. The highest BCUT2D eigenvalue weighted by Gasteiger charge is 2.38. The van der Waals surface area contributed by atoms with Gasteiger partial charge in [-0.2, -0.15) is 0 Å². The minimum atomic E-state index is -3.12. The third-order valence-electron chi connectivity index (χ3n) is 4.54. The molecule has 0 spiro atoms. The van der Waals surface area contributed by atoms with Gasteiger partial charge in [0.05, 0.1) is 29.1 Å². The molecule has 1 aromatic rings. The van der Waals surface area contributed by atoms with Crippen molar-refractivity contribution >= 4 is 33.2 Å². The summed E-state index contributed by atoms with van der Waals surface area (Å²) in [5.74, 6) is 0.845. The summed E-state index contributed by atoms with van der Waals surface area (Å²) in [6, 6.07) is 5.52. The average molecular weight is 375 g/mol. The van der Waals surface area contributed by atoms with Gasteiger partial charge >= 0.3 is 0 Å². The van der Waals surface area contributed by atoms with Crippen molar-refractivity contribution in [3.8, 4) is 0 Å². The van der Waals surface area contributed by atoms with E-state index in [2.05, 4.69) is 15.2 Å². The second-order valence-electron chi connectivity index (χ2n) is 6.43. The van der Waals surface area contributed by atoms with E-state index >= 15 is 0 Å². The summed E-state index contributed by atoms with van der Waals surface area (Å²) in [5.41, 5.74) is 0. The van der Waals surface area contributed by atoms with Crippen LogP contribution in [0.3, 0.4) is 0 Å². The van der Waals surface area contributed by atoms with Gasteiger partial charge in [-0.1, -0.05) is 6.07 Å². The van der Waals surface area contributed by atoms with Crippen LogP contribution in [0, 0.1) is 0 Å². The van der Waals surface area contributed by atoms with Crippen LogP contribution in [0.1, 0.15) is 0 Å². The quantitative estimate of drug-likeness (QED) is 0.582. The van der Waals surface area contributed by atoms with Crippen LogP contribution >= 0.6 is 11.6 Å². The number of piperazine rings is 1. The summed E-state index contributed by atoms with van der Waals surface area (Å²) < 4.78 is 23.1. The van der Waals surface area contributed by atoms with Crippen LogP contribution in [0.15, 0.2) is 24.4 Å². The number of H-pyrrole nitrogens is 1. The molecule has 24 heavy (non-hydrogen) atoms. The highest BCUT2D eigenvalue weighted by atomic mass is 35.5. The van der Waals surface area contributed by atoms with Crippen LogP contribution in [0.2, 0.25) is 0 Å². The van der Waals surface area contributed by atoms with Gasteiger partial charge < -0.3 is 10.2 Å². The molecule has 3 rings (SSSR count). The Bertz CT molecular complexity index is 677. The van der Waals surface area contributed by atoms with Gasteiger partial charge in [-0.05, 0) is 6.07 Å². The lowest BCUT2D eigenvalue weighted by molar-refractivity contribution is -0.892. The number of hydrogen-bond acceptors (Lipinski definition) is 4. The number of amides is 1. The molecular weight excluding hydrogens is 352 g/mol. The SMILES string of the molecule is O=C(C[NH+]1CCN(c2cccc[nH+]2)CC1)N[C@H]1CS(=O)(=O)C[C@@H]1Cl. The molecule has 2 atom stereocenters. The molecule has 1 aromatic heterocycles. The van der Waals surface area contributed by atoms with E-state index in [1.807, 2.05) is 24.4 Å². The van der Waals surface area contributed by atoms with Crippen molar-refractivity contribution in [2.45, 2.75) is 11.4 Å². The molecule has 2 saturated heterocycles. The maximum absolute atomic E-state index is 12.2. The van der Waals surface area contributed by atoms with Crippen LogP contribution in [0.5, 0.6) is 0 Å². The number of hydrogen-bond donors (Lipinski definition) is 2. The molecule has 2 aliphatic heterocycles. The number of anilines is 1. The molecule has 0 saturated carbocycles. The molecule has 3 heterocycles. The lowest BCUT2D eigenvalue weighted by Gasteiger charge is -2.28. The summed E-state index contributed by atoms with van der Waals surface area (Å²) in [7, 11) is -3.12. The Morgan fingerprint density at radius 1 is 1.33 bits per heavy atom. The van der Waals surface area contributed by atoms with Crippen molar-refractivity contribution in [3.05, 3.63) is 24.4 Å². The summed E-state index contributed by atoms with van der Waals surface area (Å²) >= 11 is 6.03. The van der Waals surface area contributed by atoms with E-state index in [0.717, 1.165) is 32.0 Å². The zero-order valence-corrected chi connectivity index (χ0v) is 14.9. The fourth-order valence-electron chi connectivity index (χ4n) is 3.24. The van der Waals surface area contributed by atoms with Crippen LogP contribution in [-0.2, 0) is 14.6 Å². The topological polar surface area (TPSA) is 85.1 Å². The number of pyridine rings is 1. The van der Waals surface area contributed by atoms with E-state index in [1.165, 1.54) is 4.90 Å². The normalized spacial score (nSPS) is 27.1. The molecule has 2 fully saturated rings. The third kappa shape index (κ3) is 4.37. The maximum atomic E-state index is 12.2. The van der Waals surface area contributed by atoms with Gasteiger partial charge in [-0.25, -0.2) is 13.4 Å². The van der Waals surface area contributed by atoms with E-state index in [4.69, 9.17) is 11.6 Å². The summed E-state index contributed by atoms with van der Waals surface area (Å²) in [4.78, 5) is 18.9. The number of rotatable bonds is 4. The predicted molar refractivity (Wildman–Crippen MR) is 91.0 cm³/mol. The van der Waals surface area contributed by atoms with Crippen LogP contribution in [-0.4, -0.2) is 70.0 Å². The van der Waals surface area contributed by atoms with Crippen molar-refractivity contribution in [2.75, 3.05) is 49.1 Å². The van der Waals surface area contributed by atoms with E-state index in [9.17, 15) is 13.2 Å². The third-order valence-corrected chi connectivity index (χ3v) is 6.92. The predicted octanol–water partition coefficient (Wildman–Crippen LogP) is -2.27. The van der Waals surface area contributed by atoms with Crippen molar-refractivity contribution < 1.29 is 23.1 Å². The monoisotopic (exact) mass is 374 g/mol. The fourth-order valence-corrected chi connectivity index (χ4v) is 5.79. The first-order valence-corrected chi connectivity index (χ1v) is 10.4. The molecule has 0 aromatic carbocycles. The molecule has 0 bridgehead atoms. The largest absolute Gasteiger partial charge is 0.346 e. The Labute approximate surface area is 146 Å². The Morgan fingerprint density at radius 2 is 2.08 bits per heavy atom. The van der Waals surface area contributed by atoms with Crippen LogP contribution in [0.25, 0.3) is 0 Å². The zero-order valence-electron chi connectivity index (χ0n) is 13.4. The second kappa shape index (κ2) is 7.25. The summed E-state index contributed by atoms with van der Waals surface area (Å²) in [5, 5.41) is 2.26. The van der Waals surface area contributed by atoms with E-state index in [0.29, 0.717) is 6.54 Å². The van der Waals surface area contributed by atoms with Gasteiger partial charge in [0.2, 0.25) is 0 Å². The standard InChI is InChI=1S/C15H21ClN4O3S/c16-12-10-24(22,23)11-13(12)18-15(21)9-19-5-7-20(8-6-19)14-3-1-2-4-17-14/h1-4,12-13H,5-11H2,(H,18,21)/p+2/t12-,13-/m0/s1. The molecule has 0 aliphatic carbocycles. The van der Waals surface area contributed by atoms with E-state index < -0.39 is 21.3 Å². The first-order chi connectivity index (χ1) is 11.4. The van der Waals surface area contributed by atoms with Gasteiger partial charge in [0.25, 0.3) is 11.7 Å². The molecule has 3 N–H and O–H groups in total. The van der Waals surface area contributed by atoms with Crippen molar-refractivity contribution in [1.82, 2.24) is 5.32 Å². The second-order valence-corrected chi connectivity index (χ2v) is 9.14. The molecular formula is C15H23ClN4O3S+2. The number of alkyl halides is 1. The van der Waals surface area contributed by atoms with Crippen LogP contribution in [0.4, 0.5) is 5.82 Å². The number of aromatic amines is 1. The number of quaternary nitrogens is 1. The molecule has 1 amide bonds. The highest BCUT2D eigenvalue weighted by molar-refractivity contribution is 7.91. The van der Waals surface area contributed by atoms with Gasteiger partial charge in [-0.15, -0.1) is 11.6 Å². The molecule has 0 unspecified atom stereocenters. The summed E-state index contributed by atoms with van der Waals surface area (Å²) in [6.07, 6.45) is 1.90. The first-order valence-electron chi connectivity index (χ1n) is 8.12. The Morgan fingerprint density at radius 3 is 2.67 bits per heavy atom. The number of sulfone groups is 1. The van der Waals surface area contributed by atoms with Gasteiger partial charge in [0.15, 0.2) is 16.4 Å². The van der Waals surface area contributed by atoms with Crippen LogP contribution < -0.4 is 20.1 Å². The number of nitrogens with zero attached hydrogens (tertiary/aromatic N) is 1. The number of halogens is 1. The van der Waals surface area contributed by atoms with Gasteiger partial charge in [0, 0.05) is 6.07 Å². The minimum absolute atomic E-state index is 0.0557. The van der Waals surface area contributed by atoms with Crippen molar-refractivity contribution in [1.29, 1.82) is 0 Å². The Kier molecular flexibility index (Phi) is 5.27. The number of nitrogens with one attached hydrogen (secondary N) is 3. The van der Waals surface area contributed by atoms with E-state index in [-0.39, 0.29) is 17.4 Å². The molecule has 0 radical (unpaired) electrons. The Hall–Kier alpha value is -1.38. The lowest BCUT2D eigenvalue weighted by Crippen LogP contribution is -3.16. The van der Waals surface area contributed by atoms with Crippen molar-refractivity contribution in [2.24, 2.45) is 0 Å². The smallest absolute Gasteiger partial charge is 0.275 e. The molecule has 9 heteroatoms. The number of carbonyl (C=O) groups is 1. The van der Waals surface area contributed by atoms with Gasteiger partial charge in [0.1, 0.15) is 26.2 Å². The zero-order chi connectivity index (χ0) is 17.2. The molecule has 2 aliphatic rings. The fraction of sp³-hybridized carbons (Fsp3) is 0.600. The number of aromatic nitrogens is 1. The molecule has 132 valence electrons. The lowest BCUT2D eigenvalue weighted by atomic mass is 10.2. The van der Waals surface area contributed by atoms with E-state index in [1.54, 1.807) is 0 Å². The van der Waals surface area contributed by atoms with Crippen molar-refractivity contribution in [3.63, 3.8) is 0 Å². The first kappa shape index (κ1) is 17.4. The van der Waals surface area contributed by atoms with Gasteiger partial charge in [-0.3, -0.25) is 9.69 Å². The minimum Gasteiger partial charge on any atom is -0.346 e. The number of carbonyl (C=O) groups excluding carboxylic acids is 1. The summed E-state index contributed by atoms with van der Waals surface area (Å²) in [6.45, 7) is 3.83. The Balaban J connectivity index is 1.45. The highest BCUT2D eigenvalue weighted by Crippen LogP contribution is 2.17. The average Bonchev–Trinajstić information content (AvgIpc) is 2.80. The molecule has 7 nitrogen and oxygen atoms in total.